The molecule has 0 spiro atoms. The molecule has 6 nitrogen and oxygen atoms in total. The van der Waals surface area contributed by atoms with Crippen LogP contribution in [-0.4, -0.2) is 56.3 Å². The molecule has 2 aromatic carbocycles. The summed E-state index contributed by atoms with van der Waals surface area (Å²) in [5.74, 6) is 2.65. The highest BCUT2D eigenvalue weighted by molar-refractivity contribution is 8.00. The van der Waals surface area contributed by atoms with E-state index in [0.717, 1.165) is 60.9 Å². The molecule has 0 unspecified atom stereocenters. The van der Waals surface area contributed by atoms with Gasteiger partial charge in [-0.05, 0) is 61.4 Å². The highest BCUT2D eigenvalue weighted by Crippen LogP contribution is 2.35. The van der Waals surface area contributed by atoms with E-state index in [9.17, 15) is 9.59 Å². The number of thioether (sulfide) groups is 1. The van der Waals surface area contributed by atoms with Crippen molar-refractivity contribution in [2.75, 3.05) is 44.5 Å². The molecular formula is C25H30N2O4S. The third kappa shape index (κ3) is 5.21. The van der Waals surface area contributed by atoms with Crippen LogP contribution >= 0.6 is 11.8 Å². The Bertz CT molecular complexity index is 950. The van der Waals surface area contributed by atoms with Gasteiger partial charge in [0.15, 0.2) is 0 Å². The summed E-state index contributed by atoms with van der Waals surface area (Å²) in [7, 11) is 3.33. The minimum atomic E-state index is 0.00523. The number of amides is 2. The molecule has 2 amide bonds. The molecule has 32 heavy (non-hydrogen) atoms. The summed E-state index contributed by atoms with van der Waals surface area (Å²) < 4.78 is 10.7. The minimum absolute atomic E-state index is 0.00523. The van der Waals surface area contributed by atoms with Crippen LogP contribution in [-0.2, 0) is 16.0 Å². The van der Waals surface area contributed by atoms with Crippen molar-refractivity contribution < 1.29 is 19.1 Å². The molecule has 0 atom stereocenters. The van der Waals surface area contributed by atoms with Crippen LogP contribution in [0.15, 0.2) is 47.4 Å². The first-order valence-corrected chi connectivity index (χ1v) is 12.1. The first-order valence-electron chi connectivity index (χ1n) is 11.1. The number of rotatable bonds is 7. The number of benzene rings is 2. The summed E-state index contributed by atoms with van der Waals surface area (Å²) in [6.45, 7) is 1.64. The minimum Gasteiger partial charge on any atom is -0.497 e. The van der Waals surface area contributed by atoms with E-state index in [4.69, 9.17) is 9.47 Å². The molecule has 0 N–H and O–H groups in total. The summed E-state index contributed by atoms with van der Waals surface area (Å²) in [4.78, 5) is 30.0. The normalized spacial score (nSPS) is 16.6. The Hall–Kier alpha value is -2.67. The number of likely N-dealkylation sites (tertiary alicyclic amines) is 1. The van der Waals surface area contributed by atoms with Gasteiger partial charge in [0.1, 0.15) is 18.0 Å². The van der Waals surface area contributed by atoms with Crippen LogP contribution in [0, 0.1) is 5.92 Å². The Labute approximate surface area is 193 Å². The highest BCUT2D eigenvalue weighted by atomic mass is 32.2. The van der Waals surface area contributed by atoms with Gasteiger partial charge in [0, 0.05) is 24.1 Å². The lowest BCUT2D eigenvalue weighted by atomic mass is 9.90. The Morgan fingerprint density at radius 2 is 1.75 bits per heavy atom. The van der Waals surface area contributed by atoms with Gasteiger partial charge in [-0.25, -0.2) is 0 Å². The average molecular weight is 455 g/mol. The van der Waals surface area contributed by atoms with Crippen molar-refractivity contribution in [3.8, 4) is 11.5 Å². The molecule has 1 saturated heterocycles. The van der Waals surface area contributed by atoms with Gasteiger partial charge in [0.2, 0.25) is 11.8 Å². The van der Waals surface area contributed by atoms with Gasteiger partial charge < -0.3 is 19.3 Å². The van der Waals surface area contributed by atoms with Crippen LogP contribution in [0.5, 0.6) is 11.5 Å². The van der Waals surface area contributed by atoms with Crippen LogP contribution in [0.25, 0.3) is 0 Å². The molecule has 0 aromatic heterocycles. The number of ether oxygens (including phenoxy) is 2. The first kappa shape index (κ1) is 22.5. The number of fused-ring (bicyclic) bond motifs is 1. The van der Waals surface area contributed by atoms with Crippen LogP contribution in [0.4, 0.5) is 5.69 Å². The zero-order chi connectivity index (χ0) is 22.5. The fraction of sp³-hybridized carbons (Fsp3) is 0.440. The molecule has 7 heteroatoms. The summed E-state index contributed by atoms with van der Waals surface area (Å²) in [5.41, 5.74) is 2.06. The number of hydrogen-bond acceptors (Lipinski definition) is 5. The van der Waals surface area contributed by atoms with Gasteiger partial charge in [0.25, 0.3) is 0 Å². The van der Waals surface area contributed by atoms with Crippen LogP contribution in [0.2, 0.25) is 0 Å². The van der Waals surface area contributed by atoms with E-state index in [-0.39, 0.29) is 18.4 Å². The number of nitrogens with zero attached hydrogens (tertiary/aromatic N) is 2. The Morgan fingerprint density at radius 1 is 1.06 bits per heavy atom. The second kappa shape index (κ2) is 10.3. The topological polar surface area (TPSA) is 59.1 Å². The number of methoxy groups -OCH3 is 2. The maximum atomic E-state index is 12.9. The molecule has 0 bridgehead atoms. The SMILES string of the molecule is COc1cc(CCC2CCN(C(=O)CN3C(=O)CSc4ccccc43)CC2)cc(OC)c1. The van der Waals surface area contributed by atoms with Crippen molar-refractivity contribution in [1.82, 2.24) is 4.90 Å². The number of hydrogen-bond donors (Lipinski definition) is 0. The van der Waals surface area contributed by atoms with Crippen LogP contribution in [0.3, 0.4) is 0 Å². The largest absolute Gasteiger partial charge is 0.497 e. The quantitative estimate of drug-likeness (QED) is 0.633. The molecule has 170 valence electrons. The van der Waals surface area contributed by atoms with Crippen molar-refractivity contribution in [1.29, 1.82) is 0 Å². The molecule has 0 aliphatic carbocycles. The van der Waals surface area contributed by atoms with Gasteiger partial charge in [-0.2, -0.15) is 0 Å². The molecule has 0 radical (unpaired) electrons. The molecular weight excluding hydrogens is 424 g/mol. The molecule has 1 fully saturated rings. The highest BCUT2D eigenvalue weighted by Gasteiger charge is 2.29. The van der Waals surface area contributed by atoms with Crippen LogP contribution < -0.4 is 14.4 Å². The lowest BCUT2D eigenvalue weighted by Crippen LogP contribution is -2.47. The van der Waals surface area contributed by atoms with E-state index in [1.165, 1.54) is 17.3 Å². The predicted octanol–water partition coefficient (Wildman–Crippen LogP) is 4.01. The van der Waals surface area contributed by atoms with Gasteiger partial charge in [0.05, 0.1) is 25.7 Å². The Kier molecular flexibility index (Phi) is 7.25. The van der Waals surface area contributed by atoms with E-state index in [1.807, 2.05) is 35.2 Å². The van der Waals surface area contributed by atoms with Gasteiger partial charge in [-0.3, -0.25) is 9.59 Å². The number of aryl methyl sites for hydroxylation is 1. The lowest BCUT2D eigenvalue weighted by Gasteiger charge is -2.35. The first-order chi connectivity index (χ1) is 15.6. The van der Waals surface area contributed by atoms with Crippen molar-refractivity contribution in [3.63, 3.8) is 0 Å². The van der Waals surface area contributed by atoms with E-state index < -0.39 is 0 Å². The molecule has 2 aliphatic rings. The maximum absolute atomic E-state index is 12.9. The zero-order valence-corrected chi connectivity index (χ0v) is 19.5. The van der Waals surface area contributed by atoms with Gasteiger partial charge in [-0.15, -0.1) is 11.8 Å². The van der Waals surface area contributed by atoms with Crippen molar-refractivity contribution in [2.24, 2.45) is 5.92 Å². The number of piperidine rings is 1. The summed E-state index contributed by atoms with van der Waals surface area (Å²) >= 11 is 1.54. The second-order valence-electron chi connectivity index (χ2n) is 8.32. The number of carbonyl (C=O) groups is 2. The van der Waals surface area contributed by atoms with Crippen molar-refractivity contribution in [2.45, 2.75) is 30.6 Å². The fourth-order valence-corrected chi connectivity index (χ4v) is 5.35. The third-order valence-electron chi connectivity index (χ3n) is 6.32. The third-order valence-corrected chi connectivity index (χ3v) is 7.37. The standard InChI is InChI=1S/C25H30N2O4S/c1-30-20-13-19(14-21(15-20)31-2)8-7-18-9-11-26(12-10-18)24(28)16-27-22-5-3-4-6-23(22)32-17-25(27)29/h3-6,13-15,18H,7-12,16-17H2,1-2H3. The second-order valence-corrected chi connectivity index (χ2v) is 9.34. The fourth-order valence-electron chi connectivity index (χ4n) is 4.42. The van der Waals surface area contributed by atoms with Crippen molar-refractivity contribution in [3.05, 3.63) is 48.0 Å². The lowest BCUT2D eigenvalue weighted by molar-refractivity contribution is -0.132. The van der Waals surface area contributed by atoms with Crippen LogP contribution in [0.1, 0.15) is 24.8 Å². The van der Waals surface area contributed by atoms with Gasteiger partial charge >= 0.3 is 0 Å². The summed E-state index contributed by atoms with van der Waals surface area (Å²) in [6.07, 6.45) is 4.02. The number of anilines is 1. The zero-order valence-electron chi connectivity index (χ0n) is 18.7. The monoisotopic (exact) mass is 454 g/mol. The summed E-state index contributed by atoms with van der Waals surface area (Å²) in [6, 6.07) is 13.8. The Balaban J connectivity index is 1.29. The molecule has 0 saturated carbocycles. The molecule has 2 heterocycles. The van der Waals surface area contributed by atoms with E-state index >= 15 is 0 Å². The van der Waals surface area contributed by atoms with E-state index in [0.29, 0.717) is 11.7 Å². The molecule has 2 aliphatic heterocycles. The summed E-state index contributed by atoms with van der Waals surface area (Å²) in [5, 5.41) is 0. The van der Waals surface area contributed by atoms with Crippen molar-refractivity contribution >= 4 is 29.3 Å². The number of para-hydroxylation sites is 1. The molecule has 4 rings (SSSR count). The smallest absolute Gasteiger partial charge is 0.242 e. The maximum Gasteiger partial charge on any atom is 0.242 e. The Morgan fingerprint density at radius 3 is 2.44 bits per heavy atom. The predicted molar refractivity (Wildman–Crippen MR) is 127 cm³/mol. The number of carbonyl (C=O) groups excluding carboxylic acids is 2. The molecule has 2 aromatic rings. The van der Waals surface area contributed by atoms with Gasteiger partial charge in [-0.1, -0.05) is 12.1 Å². The van der Waals surface area contributed by atoms with E-state index in [1.54, 1.807) is 19.1 Å². The van der Waals surface area contributed by atoms with E-state index in [2.05, 4.69) is 12.1 Å². The average Bonchev–Trinajstić information content (AvgIpc) is 2.84.